The molecular weight excluding hydrogens is 240 g/mol. The number of rotatable bonds is 6. The minimum absolute atomic E-state index is 0.0578. The Bertz CT molecular complexity index is 546. The normalized spacial score (nSPS) is 14.2. The van der Waals surface area contributed by atoms with E-state index in [1.165, 1.54) is 16.6 Å². The summed E-state index contributed by atoms with van der Waals surface area (Å²) >= 11 is 0. The molecule has 0 aliphatic rings. The Morgan fingerprint density at radius 3 is 2.68 bits per heavy atom. The molecule has 0 aliphatic carbocycles. The summed E-state index contributed by atoms with van der Waals surface area (Å²) < 4.78 is 1.52. The molecule has 2 unspecified atom stereocenters. The predicted octanol–water partition coefficient (Wildman–Crippen LogP) is 1.70. The third-order valence-electron chi connectivity index (χ3n) is 3.36. The Morgan fingerprint density at radius 1 is 1.37 bits per heavy atom. The summed E-state index contributed by atoms with van der Waals surface area (Å²) in [5.74, 6) is 0. The van der Waals surface area contributed by atoms with Crippen molar-refractivity contribution < 1.29 is 0 Å². The second-order valence-electron chi connectivity index (χ2n) is 4.67. The molecule has 0 aliphatic heterocycles. The zero-order valence-electron chi connectivity index (χ0n) is 11.3. The van der Waals surface area contributed by atoms with Crippen molar-refractivity contribution in [2.24, 2.45) is 0 Å². The van der Waals surface area contributed by atoms with Crippen LogP contribution in [0.25, 0.3) is 0 Å². The lowest BCUT2D eigenvalue weighted by Gasteiger charge is -2.23. The minimum Gasteiger partial charge on any atom is -0.308 e. The maximum atomic E-state index is 11.6. The van der Waals surface area contributed by atoms with Crippen LogP contribution in [0.3, 0.4) is 0 Å². The molecule has 1 aromatic heterocycles. The van der Waals surface area contributed by atoms with Crippen LogP contribution in [0.15, 0.2) is 41.5 Å². The van der Waals surface area contributed by atoms with Crippen molar-refractivity contribution in [1.29, 1.82) is 0 Å². The zero-order valence-corrected chi connectivity index (χ0v) is 11.3. The van der Waals surface area contributed by atoms with Crippen LogP contribution in [0.4, 0.5) is 0 Å². The molecule has 5 nitrogen and oxygen atoms in total. The number of hydrogen-bond acceptors (Lipinski definition) is 3. The van der Waals surface area contributed by atoms with Gasteiger partial charge in [-0.1, -0.05) is 37.3 Å². The van der Waals surface area contributed by atoms with E-state index in [-0.39, 0.29) is 17.8 Å². The Labute approximate surface area is 112 Å². The van der Waals surface area contributed by atoms with Gasteiger partial charge >= 0.3 is 5.69 Å². The average molecular weight is 260 g/mol. The van der Waals surface area contributed by atoms with E-state index in [0.717, 1.165) is 13.0 Å². The Hall–Kier alpha value is -1.88. The molecule has 5 heteroatoms. The molecular formula is C14H20N4O. The van der Waals surface area contributed by atoms with Crippen LogP contribution < -0.4 is 11.0 Å². The molecule has 102 valence electrons. The standard InChI is InChI=1S/C14H20N4O/c1-3-13(18-14(19)16-10-17-18)11(2)15-9-12-7-5-4-6-8-12/h4-8,10-11,13,15H,3,9H2,1-2H3,(H,16,17,19). The van der Waals surface area contributed by atoms with E-state index >= 15 is 0 Å². The lowest BCUT2D eigenvalue weighted by molar-refractivity contribution is 0.324. The quantitative estimate of drug-likeness (QED) is 0.831. The summed E-state index contributed by atoms with van der Waals surface area (Å²) in [5.41, 5.74) is 1.08. The summed E-state index contributed by atoms with van der Waals surface area (Å²) in [6, 6.07) is 10.5. The first-order chi connectivity index (χ1) is 9.22. The number of H-pyrrole nitrogens is 1. The molecule has 19 heavy (non-hydrogen) atoms. The second-order valence-corrected chi connectivity index (χ2v) is 4.67. The maximum absolute atomic E-state index is 11.6. The van der Waals surface area contributed by atoms with Crippen molar-refractivity contribution in [2.45, 2.75) is 38.9 Å². The lowest BCUT2D eigenvalue weighted by Crippen LogP contribution is -2.38. The monoisotopic (exact) mass is 260 g/mol. The highest BCUT2D eigenvalue weighted by molar-refractivity contribution is 5.14. The molecule has 1 heterocycles. The summed E-state index contributed by atoms with van der Waals surface area (Å²) in [6.07, 6.45) is 2.29. The van der Waals surface area contributed by atoms with Gasteiger partial charge in [0.15, 0.2) is 0 Å². The largest absolute Gasteiger partial charge is 0.343 e. The zero-order chi connectivity index (χ0) is 13.7. The van der Waals surface area contributed by atoms with E-state index < -0.39 is 0 Å². The van der Waals surface area contributed by atoms with Crippen LogP contribution in [0.1, 0.15) is 31.9 Å². The van der Waals surface area contributed by atoms with Crippen molar-refractivity contribution in [3.63, 3.8) is 0 Å². The van der Waals surface area contributed by atoms with Gasteiger partial charge in [-0.3, -0.25) is 4.98 Å². The highest BCUT2D eigenvalue weighted by atomic mass is 16.1. The smallest absolute Gasteiger partial charge is 0.308 e. The lowest BCUT2D eigenvalue weighted by atomic mass is 10.1. The number of hydrogen-bond donors (Lipinski definition) is 2. The first-order valence-electron chi connectivity index (χ1n) is 6.62. The van der Waals surface area contributed by atoms with E-state index in [9.17, 15) is 4.79 Å². The van der Waals surface area contributed by atoms with E-state index in [1.54, 1.807) is 0 Å². The predicted molar refractivity (Wildman–Crippen MR) is 74.9 cm³/mol. The third kappa shape index (κ3) is 3.32. The summed E-state index contributed by atoms with van der Waals surface area (Å²) in [6.45, 7) is 4.93. The van der Waals surface area contributed by atoms with E-state index in [0.29, 0.717) is 0 Å². The maximum Gasteiger partial charge on any atom is 0.343 e. The highest BCUT2D eigenvalue weighted by Gasteiger charge is 2.19. The fraction of sp³-hybridized carbons (Fsp3) is 0.429. The van der Waals surface area contributed by atoms with E-state index in [1.807, 2.05) is 18.2 Å². The fourth-order valence-corrected chi connectivity index (χ4v) is 2.25. The Kier molecular flexibility index (Phi) is 4.52. The molecule has 2 rings (SSSR count). The topological polar surface area (TPSA) is 62.7 Å². The number of nitrogens with one attached hydrogen (secondary N) is 2. The SMILES string of the molecule is CCC(C(C)NCc1ccccc1)n1nc[nH]c1=O. The van der Waals surface area contributed by atoms with E-state index in [2.05, 4.69) is 41.4 Å². The van der Waals surface area contributed by atoms with Gasteiger partial charge in [0.1, 0.15) is 6.33 Å². The Morgan fingerprint density at radius 2 is 2.11 bits per heavy atom. The molecule has 1 aromatic carbocycles. The average Bonchev–Trinajstić information content (AvgIpc) is 2.85. The first kappa shape index (κ1) is 13.5. The Balaban J connectivity index is 2.00. The van der Waals surface area contributed by atoms with Crippen molar-refractivity contribution in [2.75, 3.05) is 0 Å². The van der Waals surface area contributed by atoms with Gasteiger partial charge in [-0.05, 0) is 18.9 Å². The van der Waals surface area contributed by atoms with Crippen molar-refractivity contribution in [3.8, 4) is 0 Å². The van der Waals surface area contributed by atoms with Gasteiger partial charge in [0, 0.05) is 12.6 Å². The number of nitrogens with zero attached hydrogens (tertiary/aromatic N) is 2. The van der Waals surface area contributed by atoms with Crippen LogP contribution in [0.2, 0.25) is 0 Å². The van der Waals surface area contributed by atoms with Gasteiger partial charge in [-0.25, -0.2) is 9.48 Å². The minimum atomic E-state index is -0.153. The highest BCUT2D eigenvalue weighted by Crippen LogP contribution is 2.13. The first-order valence-corrected chi connectivity index (χ1v) is 6.62. The van der Waals surface area contributed by atoms with Gasteiger partial charge in [-0.15, -0.1) is 0 Å². The van der Waals surface area contributed by atoms with Crippen LogP contribution in [0.5, 0.6) is 0 Å². The molecule has 2 N–H and O–H groups in total. The van der Waals surface area contributed by atoms with Crippen molar-refractivity contribution >= 4 is 0 Å². The number of aromatic amines is 1. The number of aromatic nitrogens is 3. The van der Waals surface area contributed by atoms with Gasteiger partial charge in [0.25, 0.3) is 0 Å². The van der Waals surface area contributed by atoms with Crippen LogP contribution in [-0.4, -0.2) is 20.8 Å². The molecule has 2 aromatic rings. The molecule has 0 amide bonds. The molecule has 0 bridgehead atoms. The van der Waals surface area contributed by atoms with Gasteiger partial charge in [0.2, 0.25) is 0 Å². The molecule has 0 saturated carbocycles. The second kappa shape index (κ2) is 6.33. The summed E-state index contributed by atoms with van der Waals surface area (Å²) in [7, 11) is 0. The van der Waals surface area contributed by atoms with Gasteiger partial charge in [0.05, 0.1) is 6.04 Å². The number of benzene rings is 1. The summed E-state index contributed by atoms with van der Waals surface area (Å²) in [4.78, 5) is 14.2. The molecule has 0 saturated heterocycles. The van der Waals surface area contributed by atoms with Crippen molar-refractivity contribution in [1.82, 2.24) is 20.1 Å². The van der Waals surface area contributed by atoms with E-state index in [4.69, 9.17) is 0 Å². The van der Waals surface area contributed by atoms with Crippen LogP contribution in [0, 0.1) is 0 Å². The third-order valence-corrected chi connectivity index (χ3v) is 3.36. The van der Waals surface area contributed by atoms with Gasteiger partial charge in [-0.2, -0.15) is 5.10 Å². The summed E-state index contributed by atoms with van der Waals surface area (Å²) in [5, 5.41) is 7.52. The van der Waals surface area contributed by atoms with Crippen molar-refractivity contribution in [3.05, 3.63) is 52.7 Å². The molecule has 0 fully saturated rings. The van der Waals surface area contributed by atoms with Crippen LogP contribution in [-0.2, 0) is 6.54 Å². The fourth-order valence-electron chi connectivity index (χ4n) is 2.25. The molecule has 0 spiro atoms. The molecule has 0 radical (unpaired) electrons. The van der Waals surface area contributed by atoms with Gasteiger partial charge < -0.3 is 5.32 Å². The molecule has 2 atom stereocenters. The van der Waals surface area contributed by atoms with Crippen LogP contribution >= 0.6 is 0 Å².